The molecule has 1 fully saturated rings. The number of carbonyl (C=O) groups is 1. The first-order chi connectivity index (χ1) is 13.1. The van der Waals surface area contributed by atoms with Gasteiger partial charge >= 0.3 is 6.03 Å². The molecule has 1 saturated heterocycles. The maximum atomic E-state index is 12.5. The highest BCUT2D eigenvalue weighted by atomic mass is 16.5. The van der Waals surface area contributed by atoms with Crippen molar-refractivity contribution in [3.8, 4) is 11.4 Å². The van der Waals surface area contributed by atoms with Gasteiger partial charge in [-0.1, -0.05) is 35.0 Å². The van der Waals surface area contributed by atoms with E-state index in [4.69, 9.17) is 9.63 Å². The fourth-order valence-corrected chi connectivity index (χ4v) is 3.04. The molecule has 8 heteroatoms. The second-order valence-electron chi connectivity index (χ2n) is 6.90. The van der Waals surface area contributed by atoms with Crippen LogP contribution in [0.4, 0.5) is 4.79 Å². The minimum atomic E-state index is -0.364. The molecule has 27 heavy (non-hydrogen) atoms. The monoisotopic (exact) mass is 373 g/mol. The molecule has 8 nitrogen and oxygen atoms in total. The maximum Gasteiger partial charge on any atom is 0.318 e. The number of nitrogens with one attached hydrogen (secondary N) is 1. The third kappa shape index (κ3) is 5.05. The SMILES string of the molecule is Cc1ccc(-c2noc([C@H](C)NC(=O)N3CCN(CCCO)CC3)n2)cc1. The van der Waals surface area contributed by atoms with Gasteiger partial charge < -0.3 is 19.8 Å². The number of aromatic nitrogens is 2. The summed E-state index contributed by atoms with van der Waals surface area (Å²) in [6.45, 7) is 7.90. The molecule has 3 rings (SSSR count). The van der Waals surface area contributed by atoms with Gasteiger partial charge in [0.1, 0.15) is 6.04 Å². The lowest BCUT2D eigenvalue weighted by atomic mass is 10.1. The van der Waals surface area contributed by atoms with Gasteiger partial charge in [0.05, 0.1) is 0 Å². The highest BCUT2D eigenvalue weighted by Crippen LogP contribution is 2.19. The molecule has 0 spiro atoms. The van der Waals surface area contributed by atoms with E-state index in [0.29, 0.717) is 24.8 Å². The highest BCUT2D eigenvalue weighted by Gasteiger charge is 2.24. The molecule has 2 amide bonds. The number of aliphatic hydroxyl groups is 1. The average Bonchev–Trinajstić information content (AvgIpc) is 3.17. The lowest BCUT2D eigenvalue weighted by Crippen LogP contribution is -2.52. The topological polar surface area (TPSA) is 94.7 Å². The lowest BCUT2D eigenvalue weighted by Gasteiger charge is -2.34. The number of benzene rings is 1. The molecule has 0 unspecified atom stereocenters. The number of aryl methyl sites for hydroxylation is 1. The molecule has 1 aliphatic rings. The summed E-state index contributed by atoms with van der Waals surface area (Å²) in [5.74, 6) is 0.907. The van der Waals surface area contributed by atoms with E-state index in [2.05, 4.69) is 20.4 Å². The normalized spacial score (nSPS) is 16.3. The van der Waals surface area contributed by atoms with Crippen LogP contribution in [0.1, 0.15) is 30.8 Å². The van der Waals surface area contributed by atoms with Crippen molar-refractivity contribution >= 4 is 6.03 Å². The Kier molecular flexibility index (Phi) is 6.41. The zero-order valence-electron chi connectivity index (χ0n) is 15.9. The summed E-state index contributed by atoms with van der Waals surface area (Å²) in [5, 5.41) is 15.9. The summed E-state index contributed by atoms with van der Waals surface area (Å²) < 4.78 is 5.33. The molecular weight excluding hydrogens is 346 g/mol. The van der Waals surface area contributed by atoms with Crippen LogP contribution in [0, 0.1) is 6.92 Å². The predicted octanol–water partition coefficient (Wildman–Crippen LogP) is 1.82. The molecular formula is C19H27N5O3. The average molecular weight is 373 g/mol. The minimum absolute atomic E-state index is 0.126. The molecule has 2 aromatic rings. The van der Waals surface area contributed by atoms with Crippen molar-refractivity contribution in [1.29, 1.82) is 0 Å². The van der Waals surface area contributed by atoms with Gasteiger partial charge in [0.2, 0.25) is 11.7 Å². The van der Waals surface area contributed by atoms with Crippen LogP contribution in [0.2, 0.25) is 0 Å². The van der Waals surface area contributed by atoms with E-state index < -0.39 is 0 Å². The summed E-state index contributed by atoms with van der Waals surface area (Å²) in [4.78, 5) is 20.9. The molecule has 2 heterocycles. The fourth-order valence-electron chi connectivity index (χ4n) is 3.04. The standard InChI is InChI=1S/C19H27N5O3/c1-14-4-6-16(7-5-14)17-21-18(27-22-17)15(2)20-19(26)24-11-9-23(10-12-24)8-3-13-25/h4-7,15,25H,3,8-13H2,1-2H3,(H,20,26)/t15-/m0/s1. The van der Waals surface area contributed by atoms with E-state index in [1.807, 2.05) is 38.1 Å². The number of piperazine rings is 1. The van der Waals surface area contributed by atoms with E-state index in [9.17, 15) is 4.79 Å². The Bertz CT molecular complexity index is 738. The zero-order valence-corrected chi connectivity index (χ0v) is 15.9. The van der Waals surface area contributed by atoms with Gasteiger partial charge in [0, 0.05) is 44.9 Å². The highest BCUT2D eigenvalue weighted by molar-refractivity contribution is 5.74. The summed E-state index contributed by atoms with van der Waals surface area (Å²) in [6, 6.07) is 7.40. The van der Waals surface area contributed by atoms with E-state index in [1.165, 1.54) is 5.56 Å². The Labute approximate surface area is 159 Å². The second kappa shape index (κ2) is 8.96. The summed E-state index contributed by atoms with van der Waals surface area (Å²) in [6.07, 6.45) is 0.768. The number of hydrogen-bond acceptors (Lipinski definition) is 6. The van der Waals surface area contributed by atoms with Crippen LogP contribution in [0.15, 0.2) is 28.8 Å². The third-order valence-corrected chi connectivity index (χ3v) is 4.75. The molecule has 0 aliphatic carbocycles. The third-order valence-electron chi connectivity index (χ3n) is 4.75. The van der Waals surface area contributed by atoms with Crippen molar-refractivity contribution in [3.63, 3.8) is 0 Å². The lowest BCUT2D eigenvalue weighted by molar-refractivity contribution is 0.130. The number of rotatable bonds is 6. The van der Waals surface area contributed by atoms with Gasteiger partial charge in [0.25, 0.3) is 0 Å². The summed E-state index contributed by atoms with van der Waals surface area (Å²) >= 11 is 0. The molecule has 0 saturated carbocycles. The van der Waals surface area contributed by atoms with Crippen molar-refractivity contribution in [2.24, 2.45) is 0 Å². The van der Waals surface area contributed by atoms with Crippen LogP contribution >= 0.6 is 0 Å². The molecule has 1 aromatic heterocycles. The molecule has 0 bridgehead atoms. The van der Waals surface area contributed by atoms with E-state index in [1.54, 1.807) is 4.90 Å². The predicted molar refractivity (Wildman–Crippen MR) is 101 cm³/mol. The Morgan fingerprint density at radius 3 is 2.63 bits per heavy atom. The molecule has 146 valence electrons. The zero-order chi connectivity index (χ0) is 19.2. The first kappa shape index (κ1) is 19.3. The largest absolute Gasteiger partial charge is 0.396 e. The number of aliphatic hydroxyl groups excluding tert-OH is 1. The van der Waals surface area contributed by atoms with E-state index in [0.717, 1.165) is 31.6 Å². The maximum absolute atomic E-state index is 12.5. The van der Waals surface area contributed by atoms with Crippen LogP contribution in [0.5, 0.6) is 0 Å². The quantitative estimate of drug-likeness (QED) is 0.802. The van der Waals surface area contributed by atoms with Crippen molar-refractivity contribution in [2.45, 2.75) is 26.3 Å². The number of carbonyl (C=O) groups excluding carboxylic acids is 1. The van der Waals surface area contributed by atoms with Crippen LogP contribution in [0.3, 0.4) is 0 Å². The molecule has 1 aliphatic heterocycles. The Morgan fingerprint density at radius 2 is 1.96 bits per heavy atom. The van der Waals surface area contributed by atoms with Crippen molar-refractivity contribution < 1.29 is 14.4 Å². The second-order valence-corrected chi connectivity index (χ2v) is 6.90. The first-order valence-electron chi connectivity index (χ1n) is 9.36. The van der Waals surface area contributed by atoms with Crippen LogP contribution in [-0.2, 0) is 0 Å². The number of urea groups is 1. The van der Waals surface area contributed by atoms with Gasteiger partial charge in [-0.2, -0.15) is 4.98 Å². The Hall–Kier alpha value is -2.45. The minimum Gasteiger partial charge on any atom is -0.396 e. The summed E-state index contributed by atoms with van der Waals surface area (Å²) in [5.41, 5.74) is 2.05. The molecule has 0 radical (unpaired) electrons. The van der Waals surface area contributed by atoms with Gasteiger partial charge in [-0.3, -0.25) is 4.90 Å². The van der Waals surface area contributed by atoms with Gasteiger partial charge in [-0.15, -0.1) is 0 Å². The Balaban J connectivity index is 1.52. The van der Waals surface area contributed by atoms with Crippen molar-refractivity contribution in [1.82, 2.24) is 25.3 Å². The molecule has 2 N–H and O–H groups in total. The van der Waals surface area contributed by atoms with Gasteiger partial charge in [-0.25, -0.2) is 4.79 Å². The molecule has 1 atom stereocenters. The first-order valence-corrected chi connectivity index (χ1v) is 9.36. The van der Waals surface area contributed by atoms with E-state index >= 15 is 0 Å². The number of hydrogen-bond donors (Lipinski definition) is 2. The number of amides is 2. The Morgan fingerprint density at radius 1 is 1.26 bits per heavy atom. The van der Waals surface area contributed by atoms with Gasteiger partial charge in [0.15, 0.2) is 0 Å². The number of nitrogens with zero attached hydrogens (tertiary/aromatic N) is 4. The van der Waals surface area contributed by atoms with E-state index in [-0.39, 0.29) is 18.7 Å². The smallest absolute Gasteiger partial charge is 0.318 e. The van der Waals surface area contributed by atoms with Crippen molar-refractivity contribution in [2.75, 3.05) is 39.3 Å². The van der Waals surface area contributed by atoms with Gasteiger partial charge in [-0.05, 0) is 20.3 Å². The van der Waals surface area contributed by atoms with Crippen LogP contribution < -0.4 is 5.32 Å². The van der Waals surface area contributed by atoms with Crippen LogP contribution in [-0.4, -0.2) is 70.4 Å². The molecule has 1 aromatic carbocycles. The van der Waals surface area contributed by atoms with Crippen molar-refractivity contribution in [3.05, 3.63) is 35.7 Å². The van der Waals surface area contributed by atoms with Crippen LogP contribution in [0.25, 0.3) is 11.4 Å². The summed E-state index contributed by atoms with van der Waals surface area (Å²) in [7, 11) is 0. The fraction of sp³-hybridized carbons (Fsp3) is 0.526.